The first-order valence-electron chi connectivity index (χ1n) is 4.89. The van der Waals surface area contributed by atoms with Gasteiger partial charge < -0.3 is 4.74 Å². The van der Waals surface area contributed by atoms with Crippen molar-refractivity contribution >= 4 is 26.3 Å². The molecule has 0 aromatic heterocycles. The number of hydrogen-bond donors (Lipinski definition) is 1. The van der Waals surface area contributed by atoms with Crippen LogP contribution in [0.4, 0.5) is 0 Å². The van der Waals surface area contributed by atoms with Gasteiger partial charge in [0.1, 0.15) is 13.2 Å². The van der Waals surface area contributed by atoms with Crippen LogP contribution in [0, 0.1) is 5.41 Å². The van der Waals surface area contributed by atoms with Gasteiger partial charge >= 0.3 is 16.3 Å². The fraction of sp³-hybridized carbons (Fsp3) is 0.875. The first-order valence-corrected chi connectivity index (χ1v) is 8.19. The number of nitrogens with one attached hydrogen (secondary N) is 1. The molecule has 0 amide bonds. The van der Waals surface area contributed by atoms with Crippen LogP contribution in [0.2, 0.25) is 0 Å². The molecule has 18 heavy (non-hydrogen) atoms. The molecule has 0 rings (SSSR count). The Bertz CT molecular complexity index is 486. The van der Waals surface area contributed by atoms with E-state index in [2.05, 4.69) is 4.18 Å². The average molecular weight is 303 g/mol. The summed E-state index contributed by atoms with van der Waals surface area (Å²) in [6, 6.07) is 0. The standard InChI is InChI=1S/C8H17NO7S2/c1-8(2,3)7(10)15-5-6-16-18(13,14)9-17(4,11)12/h9H,5-6H2,1-4H3. The van der Waals surface area contributed by atoms with Crippen LogP contribution in [0.1, 0.15) is 20.8 Å². The second-order valence-corrected chi connectivity index (χ2v) is 7.87. The number of ether oxygens (including phenoxy) is 1. The van der Waals surface area contributed by atoms with Crippen molar-refractivity contribution in [3.63, 3.8) is 0 Å². The molecule has 0 heterocycles. The van der Waals surface area contributed by atoms with E-state index in [1.54, 1.807) is 20.8 Å². The number of esters is 1. The summed E-state index contributed by atoms with van der Waals surface area (Å²) in [6.07, 6.45) is 0.674. The minimum absolute atomic E-state index is 0.291. The van der Waals surface area contributed by atoms with Crippen molar-refractivity contribution in [3.05, 3.63) is 0 Å². The van der Waals surface area contributed by atoms with E-state index >= 15 is 0 Å². The number of hydrogen-bond acceptors (Lipinski definition) is 7. The molecule has 108 valence electrons. The lowest BCUT2D eigenvalue weighted by molar-refractivity contribution is -0.153. The summed E-state index contributed by atoms with van der Waals surface area (Å²) in [4.78, 5) is 11.3. The third-order valence-corrected chi connectivity index (χ3v) is 3.93. The van der Waals surface area contributed by atoms with Gasteiger partial charge in [0.05, 0.1) is 11.7 Å². The topological polar surface area (TPSA) is 116 Å². The Balaban J connectivity index is 4.11. The second-order valence-electron chi connectivity index (χ2n) is 4.52. The van der Waals surface area contributed by atoms with Gasteiger partial charge in [-0.2, -0.15) is 8.42 Å². The third kappa shape index (κ3) is 8.39. The highest BCUT2D eigenvalue weighted by atomic mass is 32.3. The van der Waals surface area contributed by atoms with Crippen LogP contribution in [-0.4, -0.2) is 42.3 Å². The van der Waals surface area contributed by atoms with Crippen molar-refractivity contribution in [2.75, 3.05) is 19.5 Å². The summed E-state index contributed by atoms with van der Waals surface area (Å²) in [5, 5.41) is 0. The Morgan fingerprint density at radius 1 is 1.11 bits per heavy atom. The van der Waals surface area contributed by atoms with Gasteiger partial charge in [-0.3, -0.25) is 8.98 Å². The summed E-state index contributed by atoms with van der Waals surface area (Å²) in [6.45, 7) is 4.15. The zero-order chi connectivity index (χ0) is 14.6. The molecule has 0 atom stereocenters. The first-order chi connectivity index (χ1) is 7.83. The fourth-order valence-electron chi connectivity index (χ4n) is 0.704. The number of sulfonamides is 1. The van der Waals surface area contributed by atoms with E-state index in [0.717, 1.165) is 0 Å². The molecular weight excluding hydrogens is 286 g/mol. The zero-order valence-corrected chi connectivity index (χ0v) is 12.2. The van der Waals surface area contributed by atoms with E-state index in [1.165, 1.54) is 4.13 Å². The molecular formula is C8H17NO7S2. The van der Waals surface area contributed by atoms with Crippen molar-refractivity contribution in [3.8, 4) is 0 Å². The summed E-state index contributed by atoms with van der Waals surface area (Å²) in [7, 11) is -8.33. The SMILES string of the molecule is CC(C)(C)C(=O)OCCOS(=O)(=O)NS(C)(=O)=O. The molecule has 8 nitrogen and oxygen atoms in total. The summed E-state index contributed by atoms with van der Waals surface area (Å²) < 4.78 is 53.7. The Morgan fingerprint density at radius 2 is 1.61 bits per heavy atom. The highest BCUT2D eigenvalue weighted by molar-refractivity contribution is 8.02. The van der Waals surface area contributed by atoms with Crippen molar-refractivity contribution in [2.24, 2.45) is 5.41 Å². The van der Waals surface area contributed by atoms with E-state index in [0.29, 0.717) is 6.26 Å². The van der Waals surface area contributed by atoms with Crippen LogP contribution in [0.15, 0.2) is 0 Å². The smallest absolute Gasteiger partial charge is 0.349 e. The Kier molecular flexibility index (Phi) is 5.72. The predicted molar refractivity (Wildman–Crippen MR) is 63.3 cm³/mol. The zero-order valence-electron chi connectivity index (χ0n) is 10.6. The molecule has 0 aromatic carbocycles. The molecule has 0 bridgehead atoms. The fourth-order valence-corrected chi connectivity index (χ4v) is 2.67. The highest BCUT2D eigenvalue weighted by Crippen LogP contribution is 2.14. The Labute approximate surface area is 107 Å². The number of carbonyl (C=O) groups excluding carboxylic acids is 1. The molecule has 10 heteroatoms. The van der Waals surface area contributed by atoms with Crippen LogP contribution < -0.4 is 4.13 Å². The maximum Gasteiger partial charge on any atom is 0.349 e. The van der Waals surface area contributed by atoms with Gasteiger partial charge in [-0.1, -0.05) is 4.13 Å². The van der Waals surface area contributed by atoms with E-state index in [-0.39, 0.29) is 6.61 Å². The van der Waals surface area contributed by atoms with Crippen LogP contribution in [0.25, 0.3) is 0 Å². The van der Waals surface area contributed by atoms with Crippen LogP contribution in [0.3, 0.4) is 0 Å². The minimum atomic E-state index is -4.40. The molecule has 0 unspecified atom stereocenters. The van der Waals surface area contributed by atoms with Crippen molar-refractivity contribution in [1.29, 1.82) is 0 Å². The van der Waals surface area contributed by atoms with Crippen molar-refractivity contribution < 1.29 is 30.6 Å². The molecule has 0 aliphatic rings. The quantitative estimate of drug-likeness (QED) is 0.514. The van der Waals surface area contributed by atoms with Gasteiger partial charge in [0.15, 0.2) is 0 Å². The van der Waals surface area contributed by atoms with Crippen molar-refractivity contribution in [1.82, 2.24) is 4.13 Å². The molecule has 0 saturated heterocycles. The molecule has 0 aliphatic carbocycles. The van der Waals surface area contributed by atoms with E-state index in [1.807, 2.05) is 0 Å². The van der Waals surface area contributed by atoms with Crippen LogP contribution >= 0.6 is 0 Å². The minimum Gasteiger partial charge on any atom is -0.463 e. The molecule has 0 aliphatic heterocycles. The van der Waals surface area contributed by atoms with E-state index in [4.69, 9.17) is 4.74 Å². The largest absolute Gasteiger partial charge is 0.463 e. The molecule has 0 spiro atoms. The average Bonchev–Trinajstić information content (AvgIpc) is 2.06. The molecule has 0 fully saturated rings. The third-order valence-electron chi connectivity index (χ3n) is 1.42. The predicted octanol–water partition coefficient (Wildman–Crippen LogP) is -0.614. The maximum atomic E-state index is 11.3. The van der Waals surface area contributed by atoms with Gasteiger partial charge in [-0.05, 0) is 20.8 Å². The van der Waals surface area contributed by atoms with Crippen molar-refractivity contribution in [2.45, 2.75) is 20.8 Å². The van der Waals surface area contributed by atoms with Crippen LogP contribution in [-0.2, 0) is 34.0 Å². The Hall–Kier alpha value is -0.710. The maximum absolute atomic E-state index is 11.3. The normalized spacial score (nSPS) is 13.3. The molecule has 0 aromatic rings. The van der Waals surface area contributed by atoms with Crippen LogP contribution in [0.5, 0.6) is 0 Å². The number of carbonyl (C=O) groups is 1. The van der Waals surface area contributed by atoms with Gasteiger partial charge in [0, 0.05) is 0 Å². The lowest BCUT2D eigenvalue weighted by atomic mass is 9.97. The van der Waals surface area contributed by atoms with Gasteiger partial charge in [-0.25, -0.2) is 8.42 Å². The summed E-state index contributed by atoms with van der Waals surface area (Å²) in [5.41, 5.74) is -0.704. The molecule has 0 radical (unpaired) electrons. The van der Waals surface area contributed by atoms with Gasteiger partial charge in [-0.15, -0.1) is 0 Å². The highest BCUT2D eigenvalue weighted by Gasteiger charge is 2.23. The van der Waals surface area contributed by atoms with E-state index < -0.39 is 38.3 Å². The molecule has 0 saturated carbocycles. The summed E-state index contributed by atoms with van der Waals surface area (Å²) >= 11 is 0. The summed E-state index contributed by atoms with van der Waals surface area (Å²) in [5.74, 6) is -0.514. The van der Waals surface area contributed by atoms with Gasteiger partial charge in [0.25, 0.3) is 0 Å². The molecule has 1 N–H and O–H groups in total. The lowest BCUT2D eigenvalue weighted by Crippen LogP contribution is -2.32. The monoisotopic (exact) mass is 303 g/mol. The van der Waals surface area contributed by atoms with Gasteiger partial charge in [0.2, 0.25) is 10.0 Å². The Morgan fingerprint density at radius 3 is 2.00 bits per heavy atom. The number of rotatable bonds is 6. The van der Waals surface area contributed by atoms with E-state index in [9.17, 15) is 21.6 Å². The lowest BCUT2D eigenvalue weighted by Gasteiger charge is -2.16. The first kappa shape index (κ1) is 17.3. The second kappa shape index (κ2) is 5.95.